The summed E-state index contributed by atoms with van der Waals surface area (Å²) in [6.07, 6.45) is 1.74. The van der Waals surface area contributed by atoms with Crippen LogP contribution in [0.2, 0.25) is 0 Å². The highest BCUT2D eigenvalue weighted by molar-refractivity contribution is 6.06. The average Bonchev–Trinajstić information content (AvgIpc) is 3.29. The molecule has 1 aliphatic heterocycles. The Labute approximate surface area is 200 Å². The van der Waals surface area contributed by atoms with Crippen LogP contribution in [-0.4, -0.2) is 76.8 Å². The number of hydrogen-bond donors (Lipinski definition) is 1. The van der Waals surface area contributed by atoms with E-state index in [9.17, 15) is 4.79 Å². The minimum atomic E-state index is -0.0952. The van der Waals surface area contributed by atoms with Gasteiger partial charge in [0.05, 0.1) is 28.5 Å². The first kappa shape index (κ1) is 22.3. The van der Waals surface area contributed by atoms with E-state index in [4.69, 9.17) is 4.98 Å². The summed E-state index contributed by atoms with van der Waals surface area (Å²) in [5, 5.41) is 8.47. The van der Waals surface area contributed by atoms with E-state index in [-0.39, 0.29) is 5.91 Å². The Morgan fingerprint density at radius 3 is 2.47 bits per heavy atom. The van der Waals surface area contributed by atoms with E-state index in [0.29, 0.717) is 17.8 Å². The van der Waals surface area contributed by atoms with Gasteiger partial charge in [0.2, 0.25) is 0 Å². The smallest absolute Gasteiger partial charge is 0.252 e. The van der Waals surface area contributed by atoms with E-state index < -0.39 is 0 Å². The molecule has 5 rings (SSSR count). The number of likely N-dealkylation sites (N-methyl/N-ethyl adjacent to an activating group) is 1. The maximum atomic E-state index is 13.3. The fourth-order valence-corrected chi connectivity index (χ4v) is 4.31. The molecule has 1 amide bonds. The third-order valence-corrected chi connectivity index (χ3v) is 6.44. The Bertz CT molecular complexity index is 1270. The third-order valence-electron chi connectivity index (χ3n) is 6.44. The van der Waals surface area contributed by atoms with Crippen LogP contribution in [0.15, 0.2) is 66.9 Å². The van der Waals surface area contributed by atoms with E-state index in [0.717, 1.165) is 55.1 Å². The Kier molecular flexibility index (Phi) is 6.38. The molecule has 0 radical (unpaired) electrons. The lowest BCUT2D eigenvalue weighted by Gasteiger charge is -2.32. The number of carbonyl (C=O) groups excluding carboxylic acids is 1. The van der Waals surface area contributed by atoms with Gasteiger partial charge in [-0.25, -0.2) is 9.67 Å². The van der Waals surface area contributed by atoms with Crippen molar-refractivity contribution in [2.24, 2.45) is 0 Å². The van der Waals surface area contributed by atoms with Gasteiger partial charge in [-0.2, -0.15) is 5.10 Å². The highest BCUT2D eigenvalue weighted by Crippen LogP contribution is 2.26. The molecule has 2 aromatic carbocycles. The number of hydrogen-bond acceptors (Lipinski definition) is 5. The lowest BCUT2D eigenvalue weighted by molar-refractivity contribution is 0.0942. The number of carbonyl (C=O) groups is 1. The van der Waals surface area contributed by atoms with Gasteiger partial charge >= 0.3 is 0 Å². The monoisotopic (exact) mass is 454 g/mol. The molecular weight excluding hydrogens is 424 g/mol. The Balaban J connectivity index is 1.46. The summed E-state index contributed by atoms with van der Waals surface area (Å²) in [7, 11) is 2.15. The van der Waals surface area contributed by atoms with Crippen LogP contribution in [0.3, 0.4) is 0 Å². The Hall–Kier alpha value is -3.55. The molecule has 1 fully saturated rings. The number of amides is 1. The zero-order valence-electron chi connectivity index (χ0n) is 19.7. The number of rotatable bonds is 6. The van der Waals surface area contributed by atoms with Crippen LogP contribution in [0, 0.1) is 6.92 Å². The van der Waals surface area contributed by atoms with E-state index in [1.54, 1.807) is 6.20 Å². The van der Waals surface area contributed by atoms with Crippen LogP contribution >= 0.6 is 0 Å². The minimum absolute atomic E-state index is 0.0952. The van der Waals surface area contributed by atoms with Crippen molar-refractivity contribution in [2.45, 2.75) is 6.92 Å². The van der Waals surface area contributed by atoms with Crippen LogP contribution in [0.25, 0.3) is 28.0 Å². The van der Waals surface area contributed by atoms with E-state index in [1.165, 1.54) is 5.56 Å². The first-order chi connectivity index (χ1) is 16.6. The van der Waals surface area contributed by atoms with Gasteiger partial charge in [0, 0.05) is 44.8 Å². The number of aryl methyl sites for hydroxylation is 1. The average molecular weight is 455 g/mol. The molecule has 174 valence electrons. The van der Waals surface area contributed by atoms with Gasteiger partial charge in [0.1, 0.15) is 0 Å². The predicted octanol–water partition coefficient (Wildman–Crippen LogP) is 3.37. The number of benzene rings is 2. The standard InChI is InChI=1S/C27H30N6O/c1-20-8-10-22(11-9-20)33-26-24(19-29-33)23(18-25(30-26)21-6-4-3-5-7-21)27(34)28-12-13-32-16-14-31(2)15-17-32/h3-11,18-19H,12-17H2,1-2H3,(H,28,34). The molecule has 7 nitrogen and oxygen atoms in total. The number of aromatic nitrogens is 3. The summed E-state index contributed by atoms with van der Waals surface area (Å²) in [6, 6.07) is 20.0. The van der Waals surface area contributed by atoms with Gasteiger partial charge in [-0.15, -0.1) is 0 Å². The molecule has 1 N–H and O–H groups in total. The van der Waals surface area contributed by atoms with Crippen LogP contribution in [-0.2, 0) is 0 Å². The lowest BCUT2D eigenvalue weighted by atomic mass is 10.1. The van der Waals surface area contributed by atoms with Crippen molar-refractivity contribution < 1.29 is 4.79 Å². The number of nitrogens with zero attached hydrogens (tertiary/aromatic N) is 5. The van der Waals surface area contributed by atoms with Crippen molar-refractivity contribution in [1.82, 2.24) is 29.9 Å². The first-order valence-corrected chi connectivity index (χ1v) is 11.8. The minimum Gasteiger partial charge on any atom is -0.351 e. The molecule has 3 heterocycles. The molecule has 0 spiro atoms. The molecule has 1 aliphatic rings. The second-order valence-electron chi connectivity index (χ2n) is 8.95. The maximum Gasteiger partial charge on any atom is 0.252 e. The molecule has 1 saturated heterocycles. The number of pyridine rings is 1. The first-order valence-electron chi connectivity index (χ1n) is 11.8. The van der Waals surface area contributed by atoms with E-state index >= 15 is 0 Å². The molecule has 0 atom stereocenters. The van der Waals surface area contributed by atoms with Crippen molar-refractivity contribution in [3.8, 4) is 16.9 Å². The summed E-state index contributed by atoms with van der Waals surface area (Å²) in [6.45, 7) is 7.72. The summed E-state index contributed by atoms with van der Waals surface area (Å²) < 4.78 is 1.81. The van der Waals surface area contributed by atoms with Gasteiger partial charge in [-0.05, 0) is 32.2 Å². The molecule has 2 aromatic heterocycles. The quantitative estimate of drug-likeness (QED) is 0.484. The van der Waals surface area contributed by atoms with Crippen molar-refractivity contribution in [2.75, 3.05) is 46.3 Å². The molecule has 34 heavy (non-hydrogen) atoms. The molecular formula is C27H30N6O. The van der Waals surface area contributed by atoms with Gasteiger partial charge in [-0.1, -0.05) is 48.0 Å². The summed E-state index contributed by atoms with van der Waals surface area (Å²) in [5.41, 5.74) is 5.09. The topological polar surface area (TPSA) is 66.3 Å². The molecule has 7 heteroatoms. The molecule has 4 aromatic rings. The highest BCUT2D eigenvalue weighted by atomic mass is 16.1. The van der Waals surface area contributed by atoms with Gasteiger partial charge in [-0.3, -0.25) is 9.69 Å². The Morgan fingerprint density at radius 2 is 1.74 bits per heavy atom. The molecule has 0 aliphatic carbocycles. The summed E-state index contributed by atoms with van der Waals surface area (Å²) in [5.74, 6) is -0.0952. The van der Waals surface area contributed by atoms with E-state index in [1.807, 2.05) is 53.2 Å². The second kappa shape index (κ2) is 9.75. The Morgan fingerprint density at radius 1 is 1.00 bits per heavy atom. The predicted molar refractivity (Wildman–Crippen MR) is 135 cm³/mol. The van der Waals surface area contributed by atoms with Crippen molar-refractivity contribution in [3.05, 3.63) is 78.0 Å². The zero-order chi connectivity index (χ0) is 23.5. The highest BCUT2D eigenvalue weighted by Gasteiger charge is 2.19. The van der Waals surface area contributed by atoms with Crippen LogP contribution in [0.5, 0.6) is 0 Å². The molecule has 0 bridgehead atoms. The van der Waals surface area contributed by atoms with Gasteiger partial charge in [0.15, 0.2) is 5.65 Å². The van der Waals surface area contributed by atoms with Gasteiger partial charge < -0.3 is 10.2 Å². The number of nitrogens with one attached hydrogen (secondary N) is 1. The molecule has 0 unspecified atom stereocenters. The zero-order valence-corrected chi connectivity index (χ0v) is 19.7. The maximum absolute atomic E-state index is 13.3. The van der Waals surface area contributed by atoms with Crippen molar-refractivity contribution in [3.63, 3.8) is 0 Å². The van der Waals surface area contributed by atoms with Crippen LogP contribution < -0.4 is 5.32 Å². The van der Waals surface area contributed by atoms with Crippen LogP contribution in [0.1, 0.15) is 15.9 Å². The summed E-state index contributed by atoms with van der Waals surface area (Å²) in [4.78, 5) is 23.0. The fourth-order valence-electron chi connectivity index (χ4n) is 4.31. The van der Waals surface area contributed by atoms with Crippen molar-refractivity contribution >= 4 is 16.9 Å². The SMILES string of the molecule is Cc1ccc(-n2ncc3c(C(=O)NCCN4CCN(C)CC4)cc(-c4ccccc4)nc32)cc1. The fraction of sp³-hybridized carbons (Fsp3) is 0.296. The van der Waals surface area contributed by atoms with Crippen LogP contribution in [0.4, 0.5) is 0 Å². The largest absolute Gasteiger partial charge is 0.351 e. The lowest BCUT2D eigenvalue weighted by Crippen LogP contribution is -2.46. The summed E-state index contributed by atoms with van der Waals surface area (Å²) >= 11 is 0. The number of fused-ring (bicyclic) bond motifs is 1. The van der Waals surface area contributed by atoms with Gasteiger partial charge in [0.25, 0.3) is 5.91 Å². The van der Waals surface area contributed by atoms with E-state index in [2.05, 4.69) is 46.3 Å². The second-order valence-corrected chi connectivity index (χ2v) is 8.95. The third kappa shape index (κ3) is 4.71. The number of piperazine rings is 1. The van der Waals surface area contributed by atoms with Crippen molar-refractivity contribution in [1.29, 1.82) is 0 Å². The molecule has 0 saturated carbocycles. The normalized spacial score (nSPS) is 15.0.